The summed E-state index contributed by atoms with van der Waals surface area (Å²) in [6.07, 6.45) is 0.962. The molecule has 3 rings (SSSR count). The van der Waals surface area contributed by atoms with Crippen molar-refractivity contribution in [3.63, 3.8) is 0 Å². The summed E-state index contributed by atoms with van der Waals surface area (Å²) in [5.74, 6) is 0.664. The van der Waals surface area contributed by atoms with Gasteiger partial charge in [-0.15, -0.1) is 11.3 Å². The minimum Gasteiger partial charge on any atom is -0.370 e. The molecule has 0 saturated heterocycles. The molecule has 1 atom stereocenters. The molecule has 2 N–H and O–H groups in total. The number of guanidine groups is 1. The molecular formula is C16H19N3S. The Morgan fingerprint density at radius 1 is 1.25 bits per heavy atom. The first kappa shape index (κ1) is 13.2. The van der Waals surface area contributed by atoms with Gasteiger partial charge in [-0.1, -0.05) is 36.4 Å². The third-order valence-corrected chi connectivity index (χ3v) is 4.69. The summed E-state index contributed by atoms with van der Waals surface area (Å²) in [6.45, 7) is 3.85. The van der Waals surface area contributed by atoms with Gasteiger partial charge in [0.05, 0.1) is 18.6 Å². The molecular weight excluding hydrogens is 266 g/mol. The second kappa shape index (κ2) is 5.29. The molecule has 104 valence electrons. The standard InChI is InChI=1S/C16H19N3S/c1-16(10-13-6-3-2-4-7-13)12-18-15(17)19(16)11-14-8-5-9-20-14/h2-9H,10-12H2,1H3,(H2,17,18). The van der Waals surface area contributed by atoms with Crippen LogP contribution in [0.15, 0.2) is 52.8 Å². The molecule has 1 aromatic carbocycles. The molecule has 0 radical (unpaired) electrons. The van der Waals surface area contributed by atoms with E-state index >= 15 is 0 Å². The SMILES string of the molecule is CC1(Cc2ccccc2)CN=C(N)N1Cc1cccs1. The Hall–Kier alpha value is -1.81. The predicted octanol–water partition coefficient (Wildman–Crippen LogP) is 2.88. The Balaban J connectivity index is 1.80. The largest absolute Gasteiger partial charge is 0.370 e. The van der Waals surface area contributed by atoms with Gasteiger partial charge >= 0.3 is 0 Å². The highest BCUT2D eigenvalue weighted by Gasteiger charge is 2.38. The molecule has 2 heterocycles. The number of hydrogen-bond donors (Lipinski definition) is 1. The van der Waals surface area contributed by atoms with E-state index in [9.17, 15) is 0 Å². The van der Waals surface area contributed by atoms with Gasteiger partial charge in [-0.2, -0.15) is 0 Å². The van der Waals surface area contributed by atoms with Gasteiger partial charge in [-0.3, -0.25) is 4.99 Å². The zero-order valence-corrected chi connectivity index (χ0v) is 12.4. The van der Waals surface area contributed by atoms with Crippen molar-refractivity contribution in [1.82, 2.24) is 4.90 Å². The molecule has 2 aromatic rings. The van der Waals surface area contributed by atoms with Crippen molar-refractivity contribution < 1.29 is 0 Å². The van der Waals surface area contributed by atoms with Crippen LogP contribution in [-0.4, -0.2) is 22.9 Å². The molecule has 0 saturated carbocycles. The Morgan fingerprint density at radius 2 is 2.05 bits per heavy atom. The molecule has 1 unspecified atom stereocenters. The maximum Gasteiger partial charge on any atom is 0.192 e. The van der Waals surface area contributed by atoms with E-state index in [4.69, 9.17) is 5.73 Å². The van der Waals surface area contributed by atoms with E-state index in [1.54, 1.807) is 11.3 Å². The zero-order chi connectivity index (χ0) is 14.0. The predicted molar refractivity (Wildman–Crippen MR) is 84.9 cm³/mol. The number of nitrogens with zero attached hydrogens (tertiary/aromatic N) is 2. The van der Waals surface area contributed by atoms with E-state index in [-0.39, 0.29) is 5.54 Å². The van der Waals surface area contributed by atoms with Crippen molar-refractivity contribution in [3.05, 3.63) is 58.3 Å². The topological polar surface area (TPSA) is 41.6 Å². The van der Waals surface area contributed by atoms with E-state index in [0.29, 0.717) is 5.96 Å². The average Bonchev–Trinajstić information content (AvgIpc) is 3.04. The monoisotopic (exact) mass is 285 g/mol. The lowest BCUT2D eigenvalue weighted by Gasteiger charge is -2.36. The minimum atomic E-state index is -0.0323. The zero-order valence-electron chi connectivity index (χ0n) is 11.6. The molecule has 0 bridgehead atoms. The summed E-state index contributed by atoms with van der Waals surface area (Å²) >= 11 is 1.77. The van der Waals surface area contributed by atoms with Gasteiger partial charge < -0.3 is 10.6 Å². The quantitative estimate of drug-likeness (QED) is 0.938. The van der Waals surface area contributed by atoms with Gasteiger partial charge in [-0.25, -0.2) is 0 Å². The Bertz CT molecular complexity index is 591. The van der Waals surface area contributed by atoms with E-state index in [1.165, 1.54) is 10.4 Å². The van der Waals surface area contributed by atoms with Crippen LogP contribution < -0.4 is 5.73 Å². The maximum absolute atomic E-state index is 6.11. The van der Waals surface area contributed by atoms with Crippen molar-refractivity contribution >= 4 is 17.3 Å². The van der Waals surface area contributed by atoms with Gasteiger partial charge in [-0.05, 0) is 30.4 Å². The molecule has 1 aliphatic heterocycles. The normalized spacial score (nSPS) is 22.1. The third kappa shape index (κ3) is 2.56. The van der Waals surface area contributed by atoms with Crippen LogP contribution in [0.4, 0.5) is 0 Å². The summed E-state index contributed by atoms with van der Waals surface area (Å²) in [5, 5.41) is 2.10. The first-order valence-corrected chi connectivity index (χ1v) is 7.69. The lowest BCUT2D eigenvalue weighted by molar-refractivity contribution is 0.215. The Labute approximate surface area is 123 Å². The molecule has 0 amide bonds. The number of benzene rings is 1. The first-order valence-electron chi connectivity index (χ1n) is 6.81. The Kier molecular flexibility index (Phi) is 3.49. The van der Waals surface area contributed by atoms with Gasteiger partial charge in [0, 0.05) is 4.88 Å². The first-order chi connectivity index (χ1) is 9.67. The van der Waals surface area contributed by atoms with E-state index < -0.39 is 0 Å². The third-order valence-electron chi connectivity index (χ3n) is 3.83. The van der Waals surface area contributed by atoms with Crippen LogP contribution >= 0.6 is 11.3 Å². The lowest BCUT2D eigenvalue weighted by Crippen LogP contribution is -2.50. The molecule has 0 spiro atoms. The van der Waals surface area contributed by atoms with Crippen molar-refractivity contribution in [1.29, 1.82) is 0 Å². The summed E-state index contributed by atoms with van der Waals surface area (Å²) in [7, 11) is 0. The second-order valence-corrected chi connectivity index (χ2v) is 6.53. The van der Waals surface area contributed by atoms with Crippen molar-refractivity contribution in [2.45, 2.75) is 25.4 Å². The highest BCUT2D eigenvalue weighted by atomic mass is 32.1. The van der Waals surface area contributed by atoms with Crippen molar-refractivity contribution in [3.8, 4) is 0 Å². The van der Waals surface area contributed by atoms with Crippen LogP contribution in [0.5, 0.6) is 0 Å². The van der Waals surface area contributed by atoms with Crippen LogP contribution in [0.1, 0.15) is 17.4 Å². The smallest absolute Gasteiger partial charge is 0.192 e. The summed E-state index contributed by atoms with van der Waals surface area (Å²) in [5.41, 5.74) is 7.40. The number of aliphatic imine (C=N–C) groups is 1. The van der Waals surface area contributed by atoms with Gasteiger partial charge in [0.25, 0.3) is 0 Å². The number of rotatable bonds is 4. The van der Waals surface area contributed by atoms with Crippen molar-refractivity contribution in [2.75, 3.05) is 6.54 Å². The van der Waals surface area contributed by atoms with E-state index in [2.05, 4.69) is 64.7 Å². The fraction of sp³-hybridized carbons (Fsp3) is 0.312. The van der Waals surface area contributed by atoms with Gasteiger partial charge in [0.1, 0.15) is 0 Å². The number of nitrogens with two attached hydrogens (primary N) is 1. The van der Waals surface area contributed by atoms with Crippen LogP contribution in [0.2, 0.25) is 0 Å². The van der Waals surface area contributed by atoms with E-state index in [0.717, 1.165) is 19.5 Å². The summed E-state index contributed by atoms with van der Waals surface area (Å²) < 4.78 is 0. The highest BCUT2D eigenvalue weighted by molar-refractivity contribution is 7.09. The van der Waals surface area contributed by atoms with Crippen LogP contribution in [0, 0.1) is 0 Å². The minimum absolute atomic E-state index is 0.0323. The van der Waals surface area contributed by atoms with Crippen LogP contribution in [0.3, 0.4) is 0 Å². The second-order valence-electron chi connectivity index (χ2n) is 5.50. The number of thiophene rings is 1. The molecule has 0 aliphatic carbocycles. The van der Waals surface area contributed by atoms with E-state index in [1.807, 2.05) is 0 Å². The maximum atomic E-state index is 6.11. The molecule has 20 heavy (non-hydrogen) atoms. The fourth-order valence-corrected chi connectivity index (χ4v) is 3.41. The van der Waals surface area contributed by atoms with Crippen LogP contribution in [0.25, 0.3) is 0 Å². The van der Waals surface area contributed by atoms with Crippen LogP contribution in [-0.2, 0) is 13.0 Å². The average molecular weight is 285 g/mol. The lowest BCUT2D eigenvalue weighted by atomic mass is 9.92. The molecule has 1 aromatic heterocycles. The molecule has 4 heteroatoms. The summed E-state index contributed by atoms with van der Waals surface area (Å²) in [4.78, 5) is 8.04. The Morgan fingerprint density at radius 3 is 2.75 bits per heavy atom. The molecule has 1 aliphatic rings. The van der Waals surface area contributed by atoms with Gasteiger partial charge in [0.15, 0.2) is 5.96 Å². The van der Waals surface area contributed by atoms with Crippen molar-refractivity contribution in [2.24, 2.45) is 10.7 Å². The fourth-order valence-electron chi connectivity index (χ4n) is 2.72. The molecule has 0 fully saturated rings. The highest BCUT2D eigenvalue weighted by Crippen LogP contribution is 2.28. The molecule has 3 nitrogen and oxygen atoms in total. The van der Waals surface area contributed by atoms with Gasteiger partial charge in [0.2, 0.25) is 0 Å². The number of hydrogen-bond acceptors (Lipinski definition) is 4. The summed E-state index contributed by atoms with van der Waals surface area (Å²) in [6, 6.07) is 14.8.